The smallest absolute Gasteiger partial charge is 0.270 e. The van der Waals surface area contributed by atoms with E-state index in [9.17, 15) is 15.2 Å². The van der Waals surface area contributed by atoms with Gasteiger partial charge in [-0.1, -0.05) is 0 Å². The molecule has 0 spiro atoms. The van der Waals surface area contributed by atoms with Crippen LogP contribution in [0.15, 0.2) is 18.2 Å². The molecule has 98 valence electrons. The Morgan fingerprint density at radius 1 is 1.33 bits per heavy atom. The van der Waals surface area contributed by atoms with Crippen molar-refractivity contribution in [3.8, 4) is 5.75 Å². The SMILES string of the molecule is CN1CCN(Cc2cc([N+](=O)[O-])ccc2O)CC1. The summed E-state index contributed by atoms with van der Waals surface area (Å²) < 4.78 is 0. The molecule has 1 aliphatic rings. The van der Waals surface area contributed by atoms with E-state index >= 15 is 0 Å². The molecule has 0 atom stereocenters. The molecular weight excluding hydrogens is 234 g/mol. The Labute approximate surface area is 106 Å². The highest BCUT2D eigenvalue weighted by Gasteiger charge is 2.17. The van der Waals surface area contributed by atoms with Crippen LogP contribution in [0.25, 0.3) is 0 Å². The predicted molar refractivity (Wildman–Crippen MR) is 67.5 cm³/mol. The van der Waals surface area contributed by atoms with Crippen molar-refractivity contribution in [1.82, 2.24) is 9.80 Å². The first-order chi connectivity index (χ1) is 8.56. The maximum absolute atomic E-state index is 10.7. The number of nitro groups is 1. The highest BCUT2D eigenvalue weighted by molar-refractivity contribution is 5.42. The molecule has 1 aromatic rings. The number of likely N-dealkylation sites (N-methyl/N-ethyl adjacent to an activating group) is 1. The number of nitrogens with zero attached hydrogens (tertiary/aromatic N) is 3. The minimum atomic E-state index is -0.438. The maximum atomic E-state index is 10.7. The van der Waals surface area contributed by atoms with Gasteiger partial charge in [-0.15, -0.1) is 0 Å². The Morgan fingerprint density at radius 2 is 2.00 bits per heavy atom. The van der Waals surface area contributed by atoms with Crippen LogP contribution in [0.3, 0.4) is 0 Å². The fourth-order valence-electron chi connectivity index (χ4n) is 2.06. The van der Waals surface area contributed by atoms with Crippen LogP contribution in [0.1, 0.15) is 5.56 Å². The molecule has 1 aromatic carbocycles. The molecule has 0 bridgehead atoms. The zero-order chi connectivity index (χ0) is 13.1. The Kier molecular flexibility index (Phi) is 3.78. The van der Waals surface area contributed by atoms with E-state index in [-0.39, 0.29) is 11.4 Å². The molecule has 1 aliphatic heterocycles. The number of piperazine rings is 1. The molecule has 18 heavy (non-hydrogen) atoms. The number of non-ortho nitro benzene ring substituents is 1. The second kappa shape index (κ2) is 5.32. The van der Waals surface area contributed by atoms with Crippen LogP contribution in [0.2, 0.25) is 0 Å². The van der Waals surface area contributed by atoms with Crippen molar-refractivity contribution < 1.29 is 10.0 Å². The topological polar surface area (TPSA) is 69.9 Å². The number of benzene rings is 1. The molecule has 1 heterocycles. The normalized spacial score (nSPS) is 17.8. The zero-order valence-corrected chi connectivity index (χ0v) is 10.4. The number of hydrogen-bond acceptors (Lipinski definition) is 5. The number of aromatic hydroxyl groups is 1. The van der Waals surface area contributed by atoms with Gasteiger partial charge in [0.05, 0.1) is 4.92 Å². The summed E-state index contributed by atoms with van der Waals surface area (Å²) in [5, 5.41) is 20.4. The van der Waals surface area contributed by atoms with Crippen molar-refractivity contribution in [2.75, 3.05) is 33.2 Å². The summed E-state index contributed by atoms with van der Waals surface area (Å²) in [6, 6.07) is 4.17. The summed E-state index contributed by atoms with van der Waals surface area (Å²) in [5.41, 5.74) is 0.644. The van der Waals surface area contributed by atoms with Gasteiger partial charge < -0.3 is 10.0 Å². The van der Waals surface area contributed by atoms with Gasteiger partial charge in [-0.05, 0) is 13.1 Å². The Bertz CT molecular complexity index is 442. The number of phenolic OH excluding ortho intramolecular Hbond substituents is 1. The number of hydrogen-bond donors (Lipinski definition) is 1. The molecule has 6 heteroatoms. The van der Waals surface area contributed by atoms with E-state index in [1.807, 2.05) is 0 Å². The molecule has 1 fully saturated rings. The fraction of sp³-hybridized carbons (Fsp3) is 0.500. The lowest BCUT2D eigenvalue weighted by Crippen LogP contribution is -2.43. The van der Waals surface area contributed by atoms with Crippen molar-refractivity contribution in [3.05, 3.63) is 33.9 Å². The van der Waals surface area contributed by atoms with Crippen LogP contribution in [-0.4, -0.2) is 53.1 Å². The van der Waals surface area contributed by atoms with Gasteiger partial charge in [0.15, 0.2) is 0 Å². The van der Waals surface area contributed by atoms with Crippen molar-refractivity contribution in [2.24, 2.45) is 0 Å². The summed E-state index contributed by atoms with van der Waals surface area (Å²) in [5.74, 6) is 0.125. The molecule has 0 unspecified atom stereocenters. The third-order valence-corrected chi connectivity index (χ3v) is 3.26. The summed E-state index contributed by atoms with van der Waals surface area (Å²) in [6.07, 6.45) is 0. The molecule has 0 amide bonds. The number of nitro benzene ring substituents is 1. The van der Waals surface area contributed by atoms with E-state index in [4.69, 9.17) is 0 Å². The standard InChI is InChI=1S/C12H17N3O3/c1-13-4-6-14(7-5-13)9-10-8-11(15(17)18)2-3-12(10)16/h2-3,8,16H,4-7,9H2,1H3. The van der Waals surface area contributed by atoms with Gasteiger partial charge in [-0.25, -0.2) is 0 Å². The molecule has 0 aromatic heterocycles. The van der Waals surface area contributed by atoms with Gasteiger partial charge in [0, 0.05) is 50.4 Å². The van der Waals surface area contributed by atoms with Crippen LogP contribution >= 0.6 is 0 Å². The Hall–Kier alpha value is -1.66. The van der Waals surface area contributed by atoms with Gasteiger partial charge in [0.25, 0.3) is 5.69 Å². The third-order valence-electron chi connectivity index (χ3n) is 3.26. The predicted octanol–water partition coefficient (Wildman–Crippen LogP) is 1.05. The number of phenols is 1. The molecule has 1 saturated heterocycles. The van der Waals surface area contributed by atoms with Crippen LogP contribution in [0.4, 0.5) is 5.69 Å². The minimum absolute atomic E-state index is 0.0249. The molecule has 1 N–H and O–H groups in total. The minimum Gasteiger partial charge on any atom is -0.508 e. The summed E-state index contributed by atoms with van der Waals surface area (Å²) >= 11 is 0. The second-order valence-electron chi connectivity index (χ2n) is 4.65. The van der Waals surface area contributed by atoms with E-state index in [0.29, 0.717) is 12.1 Å². The van der Waals surface area contributed by atoms with Gasteiger partial charge in [0.2, 0.25) is 0 Å². The van der Waals surface area contributed by atoms with E-state index in [1.54, 1.807) is 0 Å². The summed E-state index contributed by atoms with van der Waals surface area (Å²) in [4.78, 5) is 14.7. The molecular formula is C12H17N3O3. The van der Waals surface area contributed by atoms with Crippen LogP contribution < -0.4 is 0 Å². The first-order valence-corrected chi connectivity index (χ1v) is 5.93. The summed E-state index contributed by atoms with van der Waals surface area (Å²) in [6.45, 7) is 4.35. The number of rotatable bonds is 3. The van der Waals surface area contributed by atoms with Crippen molar-refractivity contribution in [3.63, 3.8) is 0 Å². The van der Waals surface area contributed by atoms with Crippen molar-refractivity contribution in [2.45, 2.75) is 6.54 Å². The first-order valence-electron chi connectivity index (χ1n) is 5.93. The second-order valence-corrected chi connectivity index (χ2v) is 4.65. The van der Waals surface area contributed by atoms with E-state index in [1.165, 1.54) is 18.2 Å². The largest absolute Gasteiger partial charge is 0.508 e. The first kappa shape index (κ1) is 12.8. The molecule has 2 rings (SSSR count). The molecule has 0 radical (unpaired) electrons. The summed E-state index contributed by atoms with van der Waals surface area (Å²) in [7, 11) is 2.07. The lowest BCUT2D eigenvalue weighted by atomic mass is 10.1. The molecule has 0 aliphatic carbocycles. The van der Waals surface area contributed by atoms with E-state index in [2.05, 4.69) is 16.8 Å². The Balaban J connectivity index is 2.08. The molecule has 0 saturated carbocycles. The highest BCUT2D eigenvalue weighted by Crippen LogP contribution is 2.24. The van der Waals surface area contributed by atoms with E-state index in [0.717, 1.165) is 26.2 Å². The van der Waals surface area contributed by atoms with Crippen LogP contribution in [0.5, 0.6) is 5.75 Å². The maximum Gasteiger partial charge on any atom is 0.270 e. The van der Waals surface area contributed by atoms with Gasteiger partial charge in [-0.2, -0.15) is 0 Å². The van der Waals surface area contributed by atoms with Gasteiger partial charge >= 0.3 is 0 Å². The zero-order valence-electron chi connectivity index (χ0n) is 10.4. The quantitative estimate of drug-likeness (QED) is 0.642. The lowest BCUT2D eigenvalue weighted by molar-refractivity contribution is -0.385. The Morgan fingerprint density at radius 3 is 2.61 bits per heavy atom. The van der Waals surface area contributed by atoms with Crippen molar-refractivity contribution in [1.29, 1.82) is 0 Å². The van der Waals surface area contributed by atoms with Gasteiger partial charge in [0.1, 0.15) is 5.75 Å². The molecule has 6 nitrogen and oxygen atoms in total. The van der Waals surface area contributed by atoms with Crippen LogP contribution in [0, 0.1) is 10.1 Å². The van der Waals surface area contributed by atoms with E-state index < -0.39 is 4.92 Å². The monoisotopic (exact) mass is 251 g/mol. The van der Waals surface area contributed by atoms with Crippen LogP contribution in [-0.2, 0) is 6.54 Å². The lowest BCUT2D eigenvalue weighted by Gasteiger charge is -2.32. The average Bonchev–Trinajstić information content (AvgIpc) is 2.34. The third kappa shape index (κ3) is 2.96. The highest BCUT2D eigenvalue weighted by atomic mass is 16.6. The van der Waals surface area contributed by atoms with Crippen molar-refractivity contribution >= 4 is 5.69 Å². The fourth-order valence-corrected chi connectivity index (χ4v) is 2.06. The average molecular weight is 251 g/mol. The van der Waals surface area contributed by atoms with Gasteiger partial charge in [-0.3, -0.25) is 15.0 Å².